The Kier molecular flexibility index (Phi) is 3.86. The summed E-state index contributed by atoms with van der Waals surface area (Å²) in [7, 11) is 0. The molecule has 0 aromatic heterocycles. The van der Waals surface area contributed by atoms with Gasteiger partial charge in [-0.3, -0.25) is 0 Å². The molecular weight excluding hydrogens is 268 g/mol. The summed E-state index contributed by atoms with van der Waals surface area (Å²) in [6.07, 6.45) is 0.670. The first-order valence-corrected chi connectivity index (χ1v) is 7.18. The zero-order valence-corrected chi connectivity index (χ0v) is 12.0. The molecule has 0 spiro atoms. The maximum Gasteiger partial charge on any atom is 0.0991 e. The van der Waals surface area contributed by atoms with Crippen molar-refractivity contribution in [3.63, 3.8) is 0 Å². The van der Waals surface area contributed by atoms with E-state index in [4.69, 9.17) is 5.26 Å². The second kappa shape index (κ2) is 6.12. The molecule has 0 heterocycles. The fraction of sp³-hybridized carbons (Fsp3) is 0.100. The maximum absolute atomic E-state index is 9.52. The Hall–Kier alpha value is -3.10. The van der Waals surface area contributed by atoms with Crippen LogP contribution in [0, 0.1) is 22.7 Å². The standard InChI is InChI=1S/C20H14N2/c21-13-15-8-10-16(11-9-15)19(14-22)12-18-6-3-5-17-4-1-2-7-20(17)18/h1-11,19H,12H2. The van der Waals surface area contributed by atoms with Crippen LogP contribution >= 0.6 is 0 Å². The molecular formula is C20H14N2. The molecule has 0 radical (unpaired) electrons. The van der Waals surface area contributed by atoms with E-state index in [0.717, 1.165) is 5.56 Å². The van der Waals surface area contributed by atoms with Crippen LogP contribution in [0.4, 0.5) is 0 Å². The summed E-state index contributed by atoms with van der Waals surface area (Å²) in [6.45, 7) is 0. The Morgan fingerprint density at radius 3 is 2.27 bits per heavy atom. The lowest BCUT2D eigenvalue weighted by Crippen LogP contribution is -2.01. The quantitative estimate of drug-likeness (QED) is 0.707. The number of rotatable bonds is 3. The number of nitrogens with zero attached hydrogens (tertiary/aromatic N) is 2. The summed E-state index contributed by atoms with van der Waals surface area (Å²) < 4.78 is 0. The number of hydrogen-bond acceptors (Lipinski definition) is 2. The first-order valence-electron chi connectivity index (χ1n) is 7.18. The van der Waals surface area contributed by atoms with E-state index in [2.05, 4.69) is 36.4 Å². The lowest BCUT2D eigenvalue weighted by Gasteiger charge is -2.12. The van der Waals surface area contributed by atoms with E-state index in [-0.39, 0.29) is 5.92 Å². The second-order valence-electron chi connectivity index (χ2n) is 5.26. The molecule has 2 nitrogen and oxygen atoms in total. The van der Waals surface area contributed by atoms with E-state index in [0.29, 0.717) is 12.0 Å². The summed E-state index contributed by atoms with van der Waals surface area (Å²) in [5.74, 6) is -0.210. The van der Waals surface area contributed by atoms with Gasteiger partial charge in [0, 0.05) is 0 Å². The predicted molar refractivity (Wildman–Crippen MR) is 87.2 cm³/mol. The molecule has 3 rings (SSSR count). The molecule has 0 fully saturated rings. The Morgan fingerprint density at radius 1 is 0.818 bits per heavy atom. The summed E-state index contributed by atoms with van der Waals surface area (Å²) in [5, 5.41) is 20.8. The van der Waals surface area contributed by atoms with E-state index >= 15 is 0 Å². The molecule has 0 aliphatic heterocycles. The van der Waals surface area contributed by atoms with Gasteiger partial charge in [-0.1, -0.05) is 54.6 Å². The third-order valence-electron chi connectivity index (χ3n) is 3.90. The van der Waals surface area contributed by atoms with Crippen molar-refractivity contribution >= 4 is 10.8 Å². The largest absolute Gasteiger partial charge is 0.198 e. The van der Waals surface area contributed by atoms with Gasteiger partial charge in [0.15, 0.2) is 0 Å². The van der Waals surface area contributed by atoms with Crippen LogP contribution in [-0.2, 0) is 6.42 Å². The molecule has 0 saturated carbocycles. The minimum atomic E-state index is -0.210. The molecule has 2 heteroatoms. The molecule has 3 aromatic rings. The molecule has 1 atom stereocenters. The third kappa shape index (κ3) is 2.68. The van der Waals surface area contributed by atoms with E-state index in [1.54, 1.807) is 12.1 Å². The van der Waals surface area contributed by atoms with Crippen molar-refractivity contribution in [2.45, 2.75) is 12.3 Å². The first kappa shape index (κ1) is 13.9. The molecule has 0 aliphatic carbocycles. The van der Waals surface area contributed by atoms with Gasteiger partial charge in [0.05, 0.1) is 23.6 Å². The SMILES string of the molecule is N#Cc1ccc(C(C#N)Cc2cccc3ccccc23)cc1. The topological polar surface area (TPSA) is 47.6 Å². The summed E-state index contributed by atoms with van der Waals surface area (Å²) in [4.78, 5) is 0. The summed E-state index contributed by atoms with van der Waals surface area (Å²) in [6, 6.07) is 26.2. The molecule has 0 aliphatic rings. The highest BCUT2D eigenvalue weighted by atomic mass is 14.3. The predicted octanol–water partition coefficient (Wildman–Crippen LogP) is 4.56. The molecule has 1 unspecified atom stereocenters. The van der Waals surface area contributed by atoms with Crippen molar-refractivity contribution in [2.24, 2.45) is 0 Å². The van der Waals surface area contributed by atoms with Gasteiger partial charge in [0.2, 0.25) is 0 Å². The van der Waals surface area contributed by atoms with Crippen molar-refractivity contribution in [1.29, 1.82) is 10.5 Å². The van der Waals surface area contributed by atoms with E-state index < -0.39 is 0 Å². The fourth-order valence-corrected chi connectivity index (χ4v) is 2.72. The van der Waals surface area contributed by atoms with E-state index in [1.165, 1.54) is 16.3 Å². The van der Waals surface area contributed by atoms with Gasteiger partial charge in [0.1, 0.15) is 0 Å². The minimum Gasteiger partial charge on any atom is -0.198 e. The smallest absolute Gasteiger partial charge is 0.0991 e. The number of fused-ring (bicyclic) bond motifs is 1. The molecule has 3 aromatic carbocycles. The number of hydrogen-bond donors (Lipinski definition) is 0. The molecule has 22 heavy (non-hydrogen) atoms. The maximum atomic E-state index is 9.52. The third-order valence-corrected chi connectivity index (χ3v) is 3.90. The molecule has 0 bridgehead atoms. The lowest BCUT2D eigenvalue weighted by atomic mass is 9.90. The normalized spacial score (nSPS) is 11.5. The average molecular weight is 282 g/mol. The Morgan fingerprint density at radius 2 is 1.55 bits per heavy atom. The first-order chi connectivity index (χ1) is 10.8. The zero-order chi connectivity index (χ0) is 15.4. The van der Waals surface area contributed by atoms with Crippen molar-refractivity contribution in [1.82, 2.24) is 0 Å². The van der Waals surface area contributed by atoms with Crippen LogP contribution in [0.2, 0.25) is 0 Å². The van der Waals surface area contributed by atoms with Crippen molar-refractivity contribution in [3.8, 4) is 12.1 Å². The van der Waals surface area contributed by atoms with Crippen LogP contribution in [0.1, 0.15) is 22.6 Å². The van der Waals surface area contributed by atoms with Crippen LogP contribution in [0.25, 0.3) is 10.8 Å². The van der Waals surface area contributed by atoms with Gasteiger partial charge in [-0.25, -0.2) is 0 Å². The molecule has 104 valence electrons. The average Bonchev–Trinajstić information content (AvgIpc) is 2.60. The van der Waals surface area contributed by atoms with Crippen LogP contribution in [0.5, 0.6) is 0 Å². The Bertz CT molecular complexity index is 875. The fourth-order valence-electron chi connectivity index (χ4n) is 2.72. The summed E-state index contributed by atoms with van der Waals surface area (Å²) >= 11 is 0. The van der Waals surface area contributed by atoms with E-state index in [1.807, 2.05) is 30.3 Å². The van der Waals surface area contributed by atoms with Gasteiger partial charge < -0.3 is 0 Å². The lowest BCUT2D eigenvalue weighted by molar-refractivity contribution is 0.855. The summed E-state index contributed by atoms with van der Waals surface area (Å²) in [5.41, 5.74) is 2.74. The second-order valence-corrected chi connectivity index (χ2v) is 5.26. The highest BCUT2D eigenvalue weighted by molar-refractivity contribution is 5.85. The van der Waals surface area contributed by atoms with Gasteiger partial charge >= 0.3 is 0 Å². The van der Waals surface area contributed by atoms with Crippen molar-refractivity contribution in [3.05, 3.63) is 83.4 Å². The van der Waals surface area contributed by atoms with Gasteiger partial charge in [-0.2, -0.15) is 10.5 Å². The molecule has 0 amide bonds. The van der Waals surface area contributed by atoms with E-state index in [9.17, 15) is 5.26 Å². The molecule has 0 N–H and O–H groups in total. The highest BCUT2D eigenvalue weighted by Crippen LogP contribution is 2.26. The number of benzene rings is 3. The Labute approximate surface area is 129 Å². The van der Waals surface area contributed by atoms with Crippen LogP contribution in [-0.4, -0.2) is 0 Å². The zero-order valence-electron chi connectivity index (χ0n) is 12.0. The van der Waals surface area contributed by atoms with Crippen molar-refractivity contribution in [2.75, 3.05) is 0 Å². The van der Waals surface area contributed by atoms with Crippen molar-refractivity contribution < 1.29 is 0 Å². The van der Waals surface area contributed by atoms with Crippen LogP contribution in [0.3, 0.4) is 0 Å². The van der Waals surface area contributed by atoms with Gasteiger partial charge in [-0.05, 0) is 40.5 Å². The van der Waals surface area contributed by atoms with Crippen LogP contribution in [0.15, 0.2) is 66.7 Å². The van der Waals surface area contributed by atoms with Gasteiger partial charge in [-0.15, -0.1) is 0 Å². The minimum absolute atomic E-state index is 0.210. The Balaban J connectivity index is 1.95. The van der Waals surface area contributed by atoms with Crippen LogP contribution < -0.4 is 0 Å². The highest BCUT2D eigenvalue weighted by Gasteiger charge is 2.13. The molecule has 0 saturated heterocycles. The van der Waals surface area contributed by atoms with Gasteiger partial charge in [0.25, 0.3) is 0 Å². The number of nitriles is 2. The monoisotopic (exact) mass is 282 g/mol.